The Bertz CT molecular complexity index is 474. The average molecular weight is 334 g/mol. The highest BCUT2D eigenvalue weighted by molar-refractivity contribution is 5.77. The van der Waals surface area contributed by atoms with Gasteiger partial charge in [-0.05, 0) is 57.3 Å². The van der Waals surface area contributed by atoms with Gasteiger partial charge in [0.2, 0.25) is 5.91 Å². The van der Waals surface area contributed by atoms with Gasteiger partial charge in [0.15, 0.2) is 5.60 Å². The maximum Gasteiger partial charge on any atom is 0.417 e. The summed E-state index contributed by atoms with van der Waals surface area (Å²) in [7, 11) is 1.15. The molecule has 1 saturated carbocycles. The summed E-state index contributed by atoms with van der Waals surface area (Å²) in [6.45, 7) is 0. The Morgan fingerprint density at radius 2 is 1.87 bits per heavy atom. The topological polar surface area (TPSA) is 64.3 Å². The third-order valence-corrected chi connectivity index (χ3v) is 6.49. The largest absolute Gasteiger partial charge is 0.417 e. The Morgan fingerprint density at radius 1 is 1.22 bits per heavy atom. The molecule has 0 aromatic carbocycles. The van der Waals surface area contributed by atoms with E-state index in [1.807, 2.05) is 0 Å². The third kappa shape index (κ3) is 2.76. The van der Waals surface area contributed by atoms with E-state index in [-0.39, 0.29) is 42.2 Å². The summed E-state index contributed by atoms with van der Waals surface area (Å²) in [5.41, 5.74) is 3.28. The molecule has 1 amide bonds. The number of carbonyl (C=O) groups excluding carboxylic acids is 1. The molecule has 3 unspecified atom stereocenters. The summed E-state index contributed by atoms with van der Waals surface area (Å²) in [6, 6.07) is 0.276. The van der Waals surface area contributed by atoms with Crippen LogP contribution in [0.2, 0.25) is 0 Å². The van der Waals surface area contributed by atoms with Gasteiger partial charge in [-0.3, -0.25) is 4.79 Å². The molecule has 2 aliphatic heterocycles. The minimum Gasteiger partial charge on any atom is -0.369 e. The maximum atomic E-state index is 13.3. The van der Waals surface area contributed by atoms with Gasteiger partial charge in [0.25, 0.3) is 0 Å². The van der Waals surface area contributed by atoms with Crippen molar-refractivity contribution in [3.05, 3.63) is 0 Å². The second-order valence-electron chi connectivity index (χ2n) is 7.55. The number of hydrogen-bond acceptors (Lipinski definition) is 3. The number of piperidine rings is 1. The van der Waals surface area contributed by atoms with Crippen LogP contribution in [0.4, 0.5) is 13.2 Å². The maximum absolute atomic E-state index is 13.3. The van der Waals surface area contributed by atoms with Gasteiger partial charge in [-0.15, -0.1) is 0 Å². The number of ether oxygens (including phenoxy) is 1. The number of primary amides is 1. The number of nitrogens with two attached hydrogens (primary N) is 1. The molecule has 7 heteroatoms. The number of fused-ring (bicyclic) bond motifs is 2. The lowest BCUT2D eigenvalue weighted by molar-refractivity contribution is -0.283. The highest BCUT2D eigenvalue weighted by Crippen LogP contribution is 2.52. The van der Waals surface area contributed by atoms with Crippen molar-refractivity contribution in [3.8, 4) is 0 Å². The predicted molar refractivity (Wildman–Crippen MR) is 78.6 cm³/mol. The van der Waals surface area contributed by atoms with E-state index < -0.39 is 11.8 Å². The Kier molecular flexibility index (Phi) is 4.16. The molecule has 23 heavy (non-hydrogen) atoms. The molecule has 0 radical (unpaired) electrons. The molecule has 0 spiro atoms. The van der Waals surface area contributed by atoms with E-state index in [2.05, 4.69) is 5.32 Å². The quantitative estimate of drug-likeness (QED) is 0.833. The summed E-state index contributed by atoms with van der Waals surface area (Å²) in [4.78, 5) is 11.6. The number of nitrogens with one attached hydrogen (secondary N) is 1. The van der Waals surface area contributed by atoms with E-state index in [1.165, 1.54) is 0 Å². The van der Waals surface area contributed by atoms with Crippen LogP contribution in [0.5, 0.6) is 0 Å². The number of alkyl halides is 3. The molecule has 3 atom stereocenters. The third-order valence-electron chi connectivity index (χ3n) is 6.49. The van der Waals surface area contributed by atoms with Crippen LogP contribution in [0.1, 0.15) is 51.4 Å². The van der Waals surface area contributed by atoms with Crippen LogP contribution in [-0.4, -0.2) is 36.4 Å². The fourth-order valence-corrected chi connectivity index (χ4v) is 5.13. The van der Waals surface area contributed by atoms with Crippen molar-refractivity contribution in [1.82, 2.24) is 5.32 Å². The van der Waals surface area contributed by atoms with Crippen molar-refractivity contribution >= 4 is 5.91 Å². The monoisotopic (exact) mass is 334 g/mol. The lowest BCUT2D eigenvalue weighted by Gasteiger charge is -2.49. The first-order valence-electron chi connectivity index (χ1n) is 8.40. The molecule has 3 rings (SSSR count). The van der Waals surface area contributed by atoms with Gasteiger partial charge in [0, 0.05) is 24.6 Å². The summed E-state index contributed by atoms with van der Waals surface area (Å²) in [5.74, 6) is -0.277. The van der Waals surface area contributed by atoms with Crippen LogP contribution in [0.3, 0.4) is 0 Å². The van der Waals surface area contributed by atoms with E-state index in [4.69, 9.17) is 10.5 Å². The van der Waals surface area contributed by atoms with Crippen molar-refractivity contribution in [2.75, 3.05) is 7.11 Å². The van der Waals surface area contributed by atoms with Crippen LogP contribution in [0, 0.1) is 11.8 Å². The molecule has 3 N–H and O–H groups in total. The highest BCUT2D eigenvalue weighted by Gasteiger charge is 2.59. The van der Waals surface area contributed by atoms with E-state index in [1.54, 1.807) is 0 Å². The summed E-state index contributed by atoms with van der Waals surface area (Å²) in [6.07, 6.45) is -0.0770. The molecular formula is C16H25F3N2O2. The molecular weight excluding hydrogens is 309 g/mol. The van der Waals surface area contributed by atoms with Crippen LogP contribution in [-0.2, 0) is 9.53 Å². The van der Waals surface area contributed by atoms with Crippen LogP contribution in [0.25, 0.3) is 0 Å². The second kappa shape index (κ2) is 5.62. The Labute approximate surface area is 134 Å². The van der Waals surface area contributed by atoms with Crippen LogP contribution in [0.15, 0.2) is 0 Å². The number of amides is 1. The molecule has 132 valence electrons. The number of carbonyl (C=O) groups is 1. The van der Waals surface area contributed by atoms with E-state index in [0.717, 1.165) is 26.4 Å². The van der Waals surface area contributed by atoms with E-state index in [0.29, 0.717) is 19.3 Å². The zero-order valence-corrected chi connectivity index (χ0v) is 13.4. The number of hydrogen-bond donors (Lipinski definition) is 2. The molecule has 0 aromatic heterocycles. The average Bonchev–Trinajstić information content (AvgIpc) is 2.81. The van der Waals surface area contributed by atoms with Gasteiger partial charge in [0.1, 0.15) is 0 Å². The van der Waals surface area contributed by atoms with Crippen molar-refractivity contribution in [1.29, 1.82) is 0 Å². The Balaban J connectivity index is 1.73. The lowest BCUT2D eigenvalue weighted by Crippen LogP contribution is -2.58. The number of methoxy groups -OCH3 is 1. The lowest BCUT2D eigenvalue weighted by atomic mass is 9.66. The smallest absolute Gasteiger partial charge is 0.369 e. The molecule has 4 nitrogen and oxygen atoms in total. The molecule has 3 aliphatic rings. The molecule has 2 heterocycles. The van der Waals surface area contributed by atoms with Crippen LogP contribution >= 0.6 is 0 Å². The van der Waals surface area contributed by atoms with Gasteiger partial charge in [-0.2, -0.15) is 13.2 Å². The first-order chi connectivity index (χ1) is 10.7. The fraction of sp³-hybridized carbons (Fsp3) is 0.938. The highest BCUT2D eigenvalue weighted by atomic mass is 19.4. The minimum absolute atomic E-state index is 0.00694. The predicted octanol–water partition coefficient (Wildman–Crippen LogP) is 2.51. The van der Waals surface area contributed by atoms with Crippen molar-refractivity contribution < 1.29 is 22.7 Å². The molecule has 2 saturated heterocycles. The molecule has 2 bridgehead atoms. The minimum atomic E-state index is -4.33. The van der Waals surface area contributed by atoms with Gasteiger partial charge in [-0.1, -0.05) is 0 Å². The second-order valence-corrected chi connectivity index (χ2v) is 7.55. The van der Waals surface area contributed by atoms with Gasteiger partial charge in [0.05, 0.1) is 0 Å². The number of rotatable bonds is 3. The summed E-state index contributed by atoms with van der Waals surface area (Å²) < 4.78 is 44.8. The number of halogens is 3. The first kappa shape index (κ1) is 17.0. The Hall–Kier alpha value is -0.820. The molecule has 3 fully saturated rings. The summed E-state index contributed by atoms with van der Waals surface area (Å²) >= 11 is 0. The van der Waals surface area contributed by atoms with Gasteiger partial charge in [-0.25, -0.2) is 0 Å². The zero-order valence-electron chi connectivity index (χ0n) is 13.4. The van der Waals surface area contributed by atoms with E-state index >= 15 is 0 Å². The SMILES string of the molecule is COC1(C(F)(F)F)CCC(C23CCC(CC(C(N)=O)C2)N3)CC1. The van der Waals surface area contributed by atoms with Crippen molar-refractivity contribution in [2.24, 2.45) is 17.6 Å². The Morgan fingerprint density at radius 3 is 2.39 bits per heavy atom. The standard InChI is InChI=1S/C16H25F3N2O2/c1-23-15(16(17,18)19)6-2-11(3-7-15)14-5-4-12(21-14)8-10(9-14)13(20)22/h10-12,21H,2-9H2,1H3,(H2,20,22). The molecule has 1 aliphatic carbocycles. The van der Waals surface area contributed by atoms with Crippen LogP contribution < -0.4 is 11.1 Å². The van der Waals surface area contributed by atoms with Crippen molar-refractivity contribution in [3.63, 3.8) is 0 Å². The first-order valence-corrected chi connectivity index (χ1v) is 8.40. The molecule has 0 aromatic rings. The normalized spacial score (nSPS) is 44.3. The van der Waals surface area contributed by atoms with E-state index in [9.17, 15) is 18.0 Å². The zero-order chi connectivity index (χ0) is 16.9. The summed E-state index contributed by atoms with van der Waals surface area (Å²) in [5, 5.41) is 3.61. The fourth-order valence-electron chi connectivity index (χ4n) is 5.13. The van der Waals surface area contributed by atoms with Crippen molar-refractivity contribution in [2.45, 2.75) is 74.7 Å². The van der Waals surface area contributed by atoms with Gasteiger partial charge < -0.3 is 15.8 Å². The van der Waals surface area contributed by atoms with Gasteiger partial charge >= 0.3 is 6.18 Å².